The molecule has 1 rings (SSSR count). The number of hydrogen-bond acceptors (Lipinski definition) is 5. The summed E-state index contributed by atoms with van der Waals surface area (Å²) in [5, 5.41) is 0. The van der Waals surface area contributed by atoms with E-state index in [0.717, 1.165) is 12.5 Å². The lowest BCUT2D eigenvalue weighted by Gasteiger charge is -2.16. The van der Waals surface area contributed by atoms with E-state index in [1.165, 1.54) is 0 Å². The van der Waals surface area contributed by atoms with Gasteiger partial charge in [0, 0.05) is 18.8 Å². The summed E-state index contributed by atoms with van der Waals surface area (Å²) >= 11 is 0. The van der Waals surface area contributed by atoms with Crippen LogP contribution in [0.4, 0.5) is 5.69 Å². The highest BCUT2D eigenvalue weighted by Crippen LogP contribution is 2.20. The first-order chi connectivity index (χ1) is 7.42. The number of carbonyl (C=O) groups excluding carboxylic acids is 1. The first-order valence-corrected chi connectivity index (χ1v) is 6.38. The second-order valence-electron chi connectivity index (χ2n) is 3.33. The largest absolute Gasteiger partial charge is 0.383 e. The average Bonchev–Trinajstić information content (AvgIpc) is 2.16. The maximum absolute atomic E-state index is 10.9. The van der Waals surface area contributed by atoms with Gasteiger partial charge in [-0.05, 0) is 12.1 Å². The van der Waals surface area contributed by atoms with Crippen LogP contribution in [0.3, 0.4) is 0 Å². The fourth-order valence-electron chi connectivity index (χ4n) is 1.16. The molecule has 16 heavy (non-hydrogen) atoms. The van der Waals surface area contributed by atoms with Gasteiger partial charge in [0.1, 0.15) is 12.0 Å². The molecule has 0 spiro atoms. The van der Waals surface area contributed by atoms with E-state index in [-0.39, 0.29) is 12.3 Å². The molecule has 0 saturated heterocycles. The molecule has 0 heterocycles. The zero-order valence-electron chi connectivity index (χ0n) is 9.08. The third-order valence-corrected chi connectivity index (χ3v) is 2.35. The van der Waals surface area contributed by atoms with Crippen molar-refractivity contribution in [1.82, 2.24) is 0 Å². The number of likely N-dealkylation sites (N-methyl/N-ethyl adjacent to an activating group) is 1. The molecule has 0 atom stereocenters. The molecule has 0 unspecified atom stereocenters. The maximum atomic E-state index is 10.9. The highest BCUT2D eigenvalue weighted by atomic mass is 32.2. The number of hydrogen-bond donors (Lipinski definition) is 0. The summed E-state index contributed by atoms with van der Waals surface area (Å²) in [5.41, 5.74) is 0.716. The quantitative estimate of drug-likeness (QED) is 0.561. The molecular weight excluding hydrogens is 230 g/mol. The Balaban J connectivity index is 2.90. The Morgan fingerprint density at radius 3 is 2.69 bits per heavy atom. The summed E-state index contributed by atoms with van der Waals surface area (Å²) in [6.45, 7) is 0.238. The van der Waals surface area contributed by atoms with E-state index < -0.39 is 10.1 Å². The number of anilines is 1. The van der Waals surface area contributed by atoms with Crippen LogP contribution in [-0.4, -0.2) is 34.6 Å². The number of aldehydes is 1. The van der Waals surface area contributed by atoms with Crippen LogP contribution < -0.4 is 9.08 Å². The topological polar surface area (TPSA) is 63.7 Å². The Kier molecular flexibility index (Phi) is 3.89. The Morgan fingerprint density at radius 1 is 1.44 bits per heavy atom. The predicted octanol–water partition coefficient (Wildman–Crippen LogP) is 0.660. The Labute approximate surface area is 94.8 Å². The average molecular weight is 243 g/mol. The van der Waals surface area contributed by atoms with Gasteiger partial charge in [-0.1, -0.05) is 6.07 Å². The van der Waals surface area contributed by atoms with Gasteiger partial charge in [-0.15, -0.1) is 0 Å². The minimum absolute atomic E-state index is 0.234. The summed E-state index contributed by atoms with van der Waals surface area (Å²) in [7, 11) is -1.79. The third-order valence-electron chi connectivity index (χ3n) is 1.85. The Morgan fingerprint density at radius 2 is 2.12 bits per heavy atom. The molecular formula is C10H13NO4S. The molecule has 0 aromatic heterocycles. The first-order valence-electron chi connectivity index (χ1n) is 4.56. The molecule has 0 bridgehead atoms. The van der Waals surface area contributed by atoms with Crippen LogP contribution in [0, 0.1) is 0 Å². The summed E-state index contributed by atoms with van der Waals surface area (Å²) < 4.78 is 26.6. The molecule has 88 valence electrons. The molecule has 0 fully saturated rings. The summed E-state index contributed by atoms with van der Waals surface area (Å²) in [5.74, 6) is 0.234. The summed E-state index contributed by atoms with van der Waals surface area (Å²) in [4.78, 5) is 12.0. The van der Waals surface area contributed by atoms with Crippen LogP contribution in [0.2, 0.25) is 0 Å². The van der Waals surface area contributed by atoms with Gasteiger partial charge in [-0.2, -0.15) is 8.42 Å². The van der Waals surface area contributed by atoms with Crippen LogP contribution >= 0.6 is 0 Å². The highest BCUT2D eigenvalue weighted by Gasteiger charge is 2.06. The third kappa shape index (κ3) is 3.90. The molecule has 0 aliphatic heterocycles. The van der Waals surface area contributed by atoms with Crippen LogP contribution in [0.15, 0.2) is 24.3 Å². The molecule has 0 aliphatic carbocycles. The van der Waals surface area contributed by atoms with E-state index in [0.29, 0.717) is 5.69 Å². The van der Waals surface area contributed by atoms with E-state index in [4.69, 9.17) is 4.18 Å². The second-order valence-corrected chi connectivity index (χ2v) is 4.91. The van der Waals surface area contributed by atoms with Crippen molar-refractivity contribution < 1.29 is 17.4 Å². The lowest BCUT2D eigenvalue weighted by atomic mass is 10.3. The van der Waals surface area contributed by atoms with Crippen molar-refractivity contribution in [2.24, 2.45) is 0 Å². The van der Waals surface area contributed by atoms with E-state index in [1.54, 1.807) is 36.2 Å². The molecule has 0 aliphatic rings. The van der Waals surface area contributed by atoms with Crippen molar-refractivity contribution in [2.75, 3.05) is 24.7 Å². The van der Waals surface area contributed by atoms with Crippen molar-refractivity contribution in [1.29, 1.82) is 0 Å². The molecule has 1 aromatic carbocycles. The van der Waals surface area contributed by atoms with E-state index in [2.05, 4.69) is 0 Å². The number of nitrogens with zero attached hydrogens (tertiary/aromatic N) is 1. The van der Waals surface area contributed by atoms with E-state index in [9.17, 15) is 13.2 Å². The molecule has 0 amide bonds. The van der Waals surface area contributed by atoms with Gasteiger partial charge in [-0.25, -0.2) is 0 Å². The smallest absolute Gasteiger partial charge is 0.306 e. The van der Waals surface area contributed by atoms with Crippen LogP contribution in [0.1, 0.15) is 0 Å². The lowest BCUT2D eigenvalue weighted by molar-refractivity contribution is -0.106. The van der Waals surface area contributed by atoms with Crippen molar-refractivity contribution in [2.45, 2.75) is 0 Å². The molecule has 0 N–H and O–H groups in total. The SMILES string of the molecule is CN(CC=O)c1cccc(OS(C)(=O)=O)c1. The van der Waals surface area contributed by atoms with E-state index >= 15 is 0 Å². The molecule has 1 aromatic rings. The van der Waals surface area contributed by atoms with Gasteiger partial charge < -0.3 is 13.9 Å². The standard InChI is InChI=1S/C10H13NO4S/c1-11(6-7-12)9-4-3-5-10(8-9)15-16(2,13)14/h3-5,7-8H,6H2,1-2H3. The Bertz CT molecular complexity index is 469. The van der Waals surface area contributed by atoms with Crippen LogP contribution in [0.25, 0.3) is 0 Å². The number of carbonyl (C=O) groups is 1. The Hall–Kier alpha value is -1.56. The summed E-state index contributed by atoms with van der Waals surface area (Å²) in [6, 6.07) is 6.53. The monoisotopic (exact) mass is 243 g/mol. The fourth-order valence-corrected chi connectivity index (χ4v) is 1.62. The van der Waals surface area contributed by atoms with Gasteiger partial charge >= 0.3 is 10.1 Å². The zero-order chi connectivity index (χ0) is 12.2. The highest BCUT2D eigenvalue weighted by molar-refractivity contribution is 7.86. The maximum Gasteiger partial charge on any atom is 0.306 e. The van der Waals surface area contributed by atoms with Gasteiger partial charge in [0.15, 0.2) is 0 Å². The molecule has 0 saturated carbocycles. The summed E-state index contributed by atoms with van der Waals surface area (Å²) in [6.07, 6.45) is 1.75. The lowest BCUT2D eigenvalue weighted by Crippen LogP contribution is -2.19. The van der Waals surface area contributed by atoms with Crippen LogP contribution in [-0.2, 0) is 14.9 Å². The number of rotatable bonds is 5. The molecule has 6 heteroatoms. The van der Waals surface area contributed by atoms with Crippen molar-refractivity contribution in [3.63, 3.8) is 0 Å². The van der Waals surface area contributed by atoms with Gasteiger partial charge in [0.05, 0.1) is 12.8 Å². The predicted molar refractivity (Wildman–Crippen MR) is 61.2 cm³/mol. The minimum Gasteiger partial charge on any atom is -0.383 e. The number of benzene rings is 1. The minimum atomic E-state index is -3.52. The second kappa shape index (κ2) is 4.98. The molecule has 5 nitrogen and oxygen atoms in total. The van der Waals surface area contributed by atoms with Gasteiger partial charge in [0.2, 0.25) is 0 Å². The van der Waals surface area contributed by atoms with Crippen molar-refractivity contribution >= 4 is 22.1 Å². The van der Waals surface area contributed by atoms with Crippen LogP contribution in [0.5, 0.6) is 5.75 Å². The van der Waals surface area contributed by atoms with E-state index in [1.807, 2.05) is 0 Å². The fraction of sp³-hybridized carbons (Fsp3) is 0.300. The van der Waals surface area contributed by atoms with Gasteiger partial charge in [0.25, 0.3) is 0 Å². The zero-order valence-corrected chi connectivity index (χ0v) is 9.90. The van der Waals surface area contributed by atoms with Gasteiger partial charge in [-0.3, -0.25) is 0 Å². The van der Waals surface area contributed by atoms with Crippen molar-refractivity contribution in [3.05, 3.63) is 24.3 Å². The van der Waals surface area contributed by atoms with Crippen molar-refractivity contribution in [3.8, 4) is 5.75 Å². The first kappa shape index (κ1) is 12.5. The molecule has 0 radical (unpaired) electrons. The normalized spacial score (nSPS) is 10.9.